The van der Waals surface area contributed by atoms with Crippen LogP contribution in [0.4, 0.5) is 5.69 Å². The number of hydrogen-bond acceptors (Lipinski definition) is 5. The lowest BCUT2D eigenvalue weighted by Crippen LogP contribution is -2.57. The molecule has 3 amide bonds. The van der Waals surface area contributed by atoms with E-state index < -0.39 is 28.7 Å². The zero-order chi connectivity index (χ0) is 28.0. The summed E-state index contributed by atoms with van der Waals surface area (Å²) in [7, 11) is 0. The van der Waals surface area contributed by atoms with Crippen LogP contribution in [0.15, 0.2) is 72.8 Å². The monoisotopic (exact) mass is 557 g/mol. The number of carbonyl (C=O) groups is 3. The molecule has 3 heterocycles. The number of likely N-dealkylation sites (tertiary alicyclic amines) is 1. The molecule has 3 N–H and O–H groups in total. The summed E-state index contributed by atoms with van der Waals surface area (Å²) >= 11 is 1.65. The maximum Gasteiger partial charge on any atom is 0.248 e. The molecule has 3 aliphatic heterocycles. The first-order valence-electron chi connectivity index (χ1n) is 14.1. The van der Waals surface area contributed by atoms with Crippen molar-refractivity contribution >= 4 is 45.9 Å². The Balaban J connectivity index is 1.33. The van der Waals surface area contributed by atoms with Crippen LogP contribution in [0.3, 0.4) is 0 Å². The van der Waals surface area contributed by atoms with Gasteiger partial charge >= 0.3 is 0 Å². The first-order valence-corrected chi connectivity index (χ1v) is 15.0. The van der Waals surface area contributed by atoms with Gasteiger partial charge in [0, 0.05) is 17.5 Å². The largest absolute Gasteiger partial charge is 0.394 e. The van der Waals surface area contributed by atoms with Crippen molar-refractivity contribution in [2.45, 2.75) is 55.3 Å². The van der Waals surface area contributed by atoms with Crippen LogP contribution in [-0.2, 0) is 20.9 Å². The van der Waals surface area contributed by atoms with Crippen molar-refractivity contribution in [3.63, 3.8) is 0 Å². The van der Waals surface area contributed by atoms with Crippen molar-refractivity contribution in [3.8, 4) is 0 Å². The molecule has 3 aliphatic rings. The number of aliphatic hydroxyl groups excluding tert-OH is 1. The zero-order valence-electron chi connectivity index (χ0n) is 22.7. The fourth-order valence-electron chi connectivity index (χ4n) is 7.25. The number of thioether (sulfide) groups is 1. The molecule has 7 atom stereocenters. The minimum atomic E-state index is -0.787. The van der Waals surface area contributed by atoms with Gasteiger partial charge in [-0.15, -0.1) is 11.8 Å². The molecule has 8 heteroatoms. The van der Waals surface area contributed by atoms with E-state index in [2.05, 4.69) is 17.6 Å². The number of carbonyl (C=O) groups excluding carboxylic acids is 3. The third-order valence-electron chi connectivity index (χ3n) is 9.14. The molecule has 0 saturated carbocycles. The van der Waals surface area contributed by atoms with E-state index in [0.29, 0.717) is 18.7 Å². The van der Waals surface area contributed by atoms with E-state index in [1.54, 1.807) is 16.7 Å². The molecule has 0 aliphatic carbocycles. The molecule has 40 heavy (non-hydrogen) atoms. The van der Waals surface area contributed by atoms with Crippen molar-refractivity contribution in [3.05, 3.63) is 78.4 Å². The predicted molar refractivity (Wildman–Crippen MR) is 158 cm³/mol. The number of nitrogens with one attached hydrogen (secondary N) is 2. The van der Waals surface area contributed by atoms with E-state index in [1.807, 2.05) is 79.7 Å². The first-order chi connectivity index (χ1) is 19.4. The summed E-state index contributed by atoms with van der Waals surface area (Å²) in [6.07, 6.45) is 1.28. The molecule has 1 spiro atoms. The molecule has 3 saturated heterocycles. The number of aliphatic hydroxyl groups is 1. The van der Waals surface area contributed by atoms with E-state index in [-0.39, 0.29) is 35.5 Å². The minimum Gasteiger partial charge on any atom is -0.394 e. The summed E-state index contributed by atoms with van der Waals surface area (Å²) in [6.45, 7) is 4.17. The Labute approximate surface area is 238 Å². The van der Waals surface area contributed by atoms with Gasteiger partial charge in [0.1, 0.15) is 6.04 Å². The lowest BCUT2D eigenvalue weighted by Gasteiger charge is -2.40. The Morgan fingerprint density at radius 3 is 2.50 bits per heavy atom. The van der Waals surface area contributed by atoms with Crippen LogP contribution in [0.1, 0.15) is 32.3 Å². The number of nitrogens with zero attached hydrogens (tertiary/aromatic N) is 1. The minimum absolute atomic E-state index is 0.0351. The Bertz CT molecular complexity index is 1440. The lowest BCUT2D eigenvalue weighted by atomic mass is 9.66. The summed E-state index contributed by atoms with van der Waals surface area (Å²) in [5, 5.41) is 18.5. The highest BCUT2D eigenvalue weighted by molar-refractivity contribution is 8.02. The van der Waals surface area contributed by atoms with Gasteiger partial charge in [0.15, 0.2) is 0 Å². The highest BCUT2D eigenvalue weighted by Crippen LogP contribution is 2.68. The van der Waals surface area contributed by atoms with Crippen LogP contribution in [0.25, 0.3) is 10.8 Å². The predicted octanol–water partition coefficient (Wildman–Crippen LogP) is 4.20. The van der Waals surface area contributed by atoms with Gasteiger partial charge < -0.3 is 20.6 Å². The number of amides is 3. The van der Waals surface area contributed by atoms with Crippen LogP contribution >= 0.6 is 11.8 Å². The second-order valence-electron chi connectivity index (χ2n) is 11.3. The molecule has 7 nitrogen and oxygen atoms in total. The van der Waals surface area contributed by atoms with Gasteiger partial charge in [0.25, 0.3) is 0 Å². The van der Waals surface area contributed by atoms with Crippen molar-refractivity contribution in [1.29, 1.82) is 0 Å². The molecule has 3 aromatic carbocycles. The van der Waals surface area contributed by atoms with Crippen molar-refractivity contribution in [2.75, 3.05) is 11.9 Å². The molecule has 208 valence electrons. The van der Waals surface area contributed by atoms with E-state index in [0.717, 1.165) is 22.8 Å². The Kier molecular flexibility index (Phi) is 7.09. The number of anilines is 1. The summed E-state index contributed by atoms with van der Waals surface area (Å²) in [5.41, 5.74) is 1.66. The van der Waals surface area contributed by atoms with E-state index in [4.69, 9.17) is 0 Å². The zero-order valence-corrected chi connectivity index (χ0v) is 23.6. The highest BCUT2D eigenvalue weighted by atomic mass is 32.2. The maximum absolute atomic E-state index is 14.2. The van der Waals surface area contributed by atoms with E-state index in [1.165, 1.54) is 0 Å². The Morgan fingerprint density at radius 1 is 1.05 bits per heavy atom. The van der Waals surface area contributed by atoms with Gasteiger partial charge in [-0.2, -0.15) is 0 Å². The average molecular weight is 558 g/mol. The Morgan fingerprint density at radius 2 is 1.77 bits per heavy atom. The van der Waals surface area contributed by atoms with Crippen LogP contribution in [0.5, 0.6) is 0 Å². The molecule has 3 unspecified atom stereocenters. The summed E-state index contributed by atoms with van der Waals surface area (Å²) in [6, 6.07) is 22.2. The first kappa shape index (κ1) is 26.8. The van der Waals surface area contributed by atoms with E-state index >= 15 is 0 Å². The number of benzene rings is 3. The molecule has 3 fully saturated rings. The van der Waals surface area contributed by atoms with Crippen molar-refractivity contribution < 1.29 is 19.5 Å². The van der Waals surface area contributed by atoms with Crippen molar-refractivity contribution in [1.82, 2.24) is 10.2 Å². The molecule has 2 bridgehead atoms. The smallest absolute Gasteiger partial charge is 0.248 e. The number of hydrogen-bond donors (Lipinski definition) is 3. The topological polar surface area (TPSA) is 98.7 Å². The van der Waals surface area contributed by atoms with Crippen LogP contribution in [0.2, 0.25) is 0 Å². The third-order valence-corrected chi connectivity index (χ3v) is 11.2. The lowest BCUT2D eigenvalue weighted by molar-refractivity contribution is -0.142. The SMILES string of the molecule is CC[C@@H](CO)N1C(=O)[C@@H]2[C@H](C(=O)NCc3ccccc3)[C@@H]3CC(C)C2(S3)C1C(=O)Nc1ccc2ccccc2c1. The quantitative estimate of drug-likeness (QED) is 0.386. The number of fused-ring (bicyclic) bond motifs is 2. The normalized spacial score (nSPS) is 29.4. The molecule has 0 radical (unpaired) electrons. The fourth-order valence-corrected chi connectivity index (χ4v) is 9.66. The van der Waals surface area contributed by atoms with Gasteiger partial charge in [-0.3, -0.25) is 14.4 Å². The van der Waals surface area contributed by atoms with Gasteiger partial charge in [0.05, 0.1) is 29.2 Å². The van der Waals surface area contributed by atoms with Gasteiger partial charge in [-0.1, -0.05) is 74.5 Å². The standard InChI is InChI=1S/C32H35N3O4S/c1-3-24(18-36)35-28(30(38)34-23-14-13-21-11-7-8-12-22(21)16-23)32-19(2)15-25(40-32)26(27(32)31(35)39)29(37)33-17-20-9-5-4-6-10-20/h4-14,16,19,24-28,36H,3,15,17-18H2,1-2H3,(H,33,37)(H,34,38)/t19?,24-,25-,26+,27-,28?,32?/m0/s1. The van der Waals surface area contributed by atoms with Gasteiger partial charge in [0.2, 0.25) is 17.7 Å². The molecular weight excluding hydrogens is 522 g/mol. The average Bonchev–Trinajstić information content (AvgIpc) is 3.57. The van der Waals surface area contributed by atoms with Crippen LogP contribution in [-0.4, -0.2) is 56.4 Å². The second kappa shape index (κ2) is 10.6. The molecular formula is C32H35N3O4S. The van der Waals surface area contributed by atoms with Crippen molar-refractivity contribution in [2.24, 2.45) is 17.8 Å². The Hall–Kier alpha value is -3.36. The second-order valence-corrected chi connectivity index (χ2v) is 12.8. The van der Waals surface area contributed by atoms with Gasteiger partial charge in [-0.25, -0.2) is 0 Å². The highest BCUT2D eigenvalue weighted by Gasteiger charge is 2.76. The maximum atomic E-state index is 14.2. The number of rotatable bonds is 8. The van der Waals surface area contributed by atoms with Crippen LogP contribution < -0.4 is 10.6 Å². The van der Waals surface area contributed by atoms with Crippen LogP contribution in [0, 0.1) is 17.8 Å². The fraction of sp³-hybridized carbons (Fsp3) is 0.406. The van der Waals surface area contributed by atoms with E-state index in [9.17, 15) is 19.5 Å². The molecule has 0 aromatic heterocycles. The summed E-state index contributed by atoms with van der Waals surface area (Å²) < 4.78 is -0.736. The van der Waals surface area contributed by atoms with Gasteiger partial charge in [-0.05, 0) is 47.2 Å². The summed E-state index contributed by atoms with van der Waals surface area (Å²) in [4.78, 5) is 43.7. The molecule has 3 aromatic rings. The third kappa shape index (κ3) is 4.20. The summed E-state index contributed by atoms with van der Waals surface area (Å²) in [5.74, 6) is -1.67. The molecule has 6 rings (SSSR count).